The topological polar surface area (TPSA) is 76.2 Å². The molecule has 0 saturated heterocycles. The van der Waals surface area contributed by atoms with Crippen molar-refractivity contribution in [1.82, 2.24) is 15.1 Å². The highest BCUT2D eigenvalue weighted by Gasteiger charge is 2.31. The van der Waals surface area contributed by atoms with Gasteiger partial charge in [-0.1, -0.05) is 12.8 Å². The van der Waals surface area contributed by atoms with Crippen LogP contribution in [0.3, 0.4) is 0 Å². The molecule has 0 radical (unpaired) electrons. The third-order valence-electron chi connectivity index (χ3n) is 3.21. The molecule has 0 atom stereocenters. The molecule has 1 aliphatic rings. The summed E-state index contributed by atoms with van der Waals surface area (Å²) in [5.74, 6) is -0.145. The van der Waals surface area contributed by atoms with Gasteiger partial charge in [0.25, 0.3) is 5.91 Å². The Bertz CT molecular complexity index is 463. The van der Waals surface area contributed by atoms with Gasteiger partial charge in [-0.25, -0.2) is 0 Å². The lowest BCUT2D eigenvalue weighted by Crippen LogP contribution is -2.23. The Labute approximate surface area is 105 Å². The maximum atomic E-state index is 11.8. The van der Waals surface area contributed by atoms with E-state index in [2.05, 4.69) is 15.3 Å². The SMILES string of the molecule is CNC(=O)c1cc([N+](=O)OC)nn1C1CCCC1. The molecule has 1 aromatic heterocycles. The molecular weight excluding hydrogens is 236 g/mol. The fourth-order valence-corrected chi connectivity index (χ4v) is 2.29. The standard InChI is InChI=1S/C11H16N4O3/c1-12-11(16)9-7-10(15(17)18-2)13-14(9)8-5-3-4-6-8/h7-8H,3-6H2,1-2H3/p+1. The van der Waals surface area contributed by atoms with E-state index in [0.717, 1.165) is 25.7 Å². The van der Waals surface area contributed by atoms with Gasteiger partial charge in [0.05, 0.1) is 17.2 Å². The second-order valence-electron chi connectivity index (χ2n) is 4.29. The van der Waals surface area contributed by atoms with Gasteiger partial charge < -0.3 is 10.2 Å². The highest BCUT2D eigenvalue weighted by molar-refractivity contribution is 5.92. The highest BCUT2D eigenvalue weighted by atomic mass is 16.8. The molecule has 1 aliphatic carbocycles. The van der Waals surface area contributed by atoms with E-state index in [4.69, 9.17) is 0 Å². The van der Waals surface area contributed by atoms with Gasteiger partial charge in [0.1, 0.15) is 7.11 Å². The van der Waals surface area contributed by atoms with Crippen LogP contribution in [0.2, 0.25) is 0 Å². The molecule has 7 heteroatoms. The van der Waals surface area contributed by atoms with Crippen LogP contribution < -0.4 is 5.32 Å². The third-order valence-corrected chi connectivity index (χ3v) is 3.21. The predicted molar refractivity (Wildman–Crippen MR) is 63.4 cm³/mol. The van der Waals surface area contributed by atoms with E-state index in [9.17, 15) is 9.70 Å². The first kappa shape index (κ1) is 12.5. The molecule has 18 heavy (non-hydrogen) atoms. The van der Waals surface area contributed by atoms with E-state index in [-0.39, 0.29) is 17.8 Å². The summed E-state index contributed by atoms with van der Waals surface area (Å²) in [6, 6.07) is 1.64. The van der Waals surface area contributed by atoms with Gasteiger partial charge in [-0.3, -0.25) is 4.79 Å². The van der Waals surface area contributed by atoms with Crippen molar-refractivity contribution in [2.45, 2.75) is 31.7 Å². The molecule has 1 saturated carbocycles. The van der Waals surface area contributed by atoms with Crippen LogP contribution in [0.15, 0.2) is 6.07 Å². The number of carbonyl (C=O) groups is 1. The monoisotopic (exact) mass is 253 g/mol. The van der Waals surface area contributed by atoms with Gasteiger partial charge in [-0.2, -0.15) is 4.68 Å². The summed E-state index contributed by atoms with van der Waals surface area (Å²) in [5.41, 5.74) is 0.400. The summed E-state index contributed by atoms with van der Waals surface area (Å²) < 4.78 is 1.64. The molecule has 0 unspecified atom stereocenters. The molecule has 2 rings (SSSR count). The fraction of sp³-hybridized carbons (Fsp3) is 0.636. The summed E-state index contributed by atoms with van der Waals surface area (Å²) >= 11 is 0. The van der Waals surface area contributed by atoms with Gasteiger partial charge >= 0.3 is 5.82 Å². The highest BCUT2D eigenvalue weighted by Crippen LogP contribution is 2.31. The summed E-state index contributed by atoms with van der Waals surface area (Å²) in [7, 11) is 2.82. The van der Waals surface area contributed by atoms with Crippen LogP contribution in [0.5, 0.6) is 0 Å². The molecule has 0 bridgehead atoms. The lowest BCUT2D eigenvalue weighted by molar-refractivity contribution is -0.739. The second kappa shape index (κ2) is 5.16. The molecule has 1 fully saturated rings. The Morgan fingerprint density at radius 1 is 1.56 bits per heavy atom. The van der Waals surface area contributed by atoms with Crippen molar-refractivity contribution in [3.63, 3.8) is 0 Å². The molecule has 0 aromatic carbocycles. The van der Waals surface area contributed by atoms with Gasteiger partial charge in [0.15, 0.2) is 10.6 Å². The number of nitrogens with zero attached hydrogens (tertiary/aromatic N) is 3. The van der Waals surface area contributed by atoms with Crippen molar-refractivity contribution in [2.24, 2.45) is 0 Å². The minimum Gasteiger partial charge on any atom is -0.354 e. The maximum absolute atomic E-state index is 11.8. The summed E-state index contributed by atoms with van der Waals surface area (Å²) in [6.45, 7) is 0. The summed E-state index contributed by atoms with van der Waals surface area (Å²) in [5, 5.41) is 6.73. The Morgan fingerprint density at radius 2 is 2.22 bits per heavy atom. The Balaban J connectivity index is 2.38. The van der Waals surface area contributed by atoms with Crippen LogP contribution in [0.1, 0.15) is 42.2 Å². The zero-order chi connectivity index (χ0) is 13.1. The van der Waals surface area contributed by atoms with E-state index in [1.807, 2.05) is 0 Å². The van der Waals surface area contributed by atoms with Crippen molar-refractivity contribution in [3.05, 3.63) is 16.7 Å². The lowest BCUT2D eigenvalue weighted by atomic mass is 10.2. The van der Waals surface area contributed by atoms with Crippen LogP contribution in [0.25, 0.3) is 0 Å². The van der Waals surface area contributed by atoms with Crippen molar-refractivity contribution in [2.75, 3.05) is 14.2 Å². The molecule has 98 valence electrons. The van der Waals surface area contributed by atoms with E-state index in [1.54, 1.807) is 11.7 Å². The number of rotatable bonds is 4. The largest absolute Gasteiger partial charge is 0.434 e. The van der Waals surface area contributed by atoms with Gasteiger partial charge in [-0.05, 0) is 17.7 Å². The maximum Gasteiger partial charge on any atom is 0.434 e. The van der Waals surface area contributed by atoms with E-state index < -0.39 is 0 Å². The van der Waals surface area contributed by atoms with Crippen molar-refractivity contribution in [3.8, 4) is 0 Å². The summed E-state index contributed by atoms with van der Waals surface area (Å²) in [4.78, 5) is 28.0. The number of hydrogen-bond donors (Lipinski definition) is 1. The Hall–Kier alpha value is -1.92. The second-order valence-corrected chi connectivity index (χ2v) is 4.29. The Morgan fingerprint density at radius 3 is 2.78 bits per heavy atom. The number of carbonyl (C=O) groups excluding carboxylic acids is 1. The van der Waals surface area contributed by atoms with Gasteiger partial charge in [-0.15, -0.1) is 0 Å². The molecule has 1 N–H and O–H groups in total. The van der Waals surface area contributed by atoms with Crippen LogP contribution >= 0.6 is 0 Å². The lowest BCUT2D eigenvalue weighted by Gasteiger charge is -2.08. The first-order chi connectivity index (χ1) is 8.67. The molecule has 7 nitrogen and oxygen atoms in total. The van der Waals surface area contributed by atoms with Gasteiger partial charge in [0, 0.05) is 7.05 Å². The van der Waals surface area contributed by atoms with Crippen molar-refractivity contribution in [1.29, 1.82) is 0 Å². The molecule has 0 aliphatic heterocycles. The van der Waals surface area contributed by atoms with E-state index in [1.165, 1.54) is 13.2 Å². The quantitative estimate of drug-likeness (QED) is 0.821. The van der Waals surface area contributed by atoms with Crippen molar-refractivity contribution < 1.29 is 14.6 Å². The third kappa shape index (κ3) is 2.20. The minimum absolute atomic E-state index is 0.1000. The van der Waals surface area contributed by atoms with E-state index in [0.29, 0.717) is 10.6 Å². The molecular formula is C11H17N4O3+. The van der Waals surface area contributed by atoms with E-state index >= 15 is 0 Å². The molecule has 1 aromatic rings. The molecule has 0 spiro atoms. The zero-order valence-corrected chi connectivity index (χ0v) is 10.5. The first-order valence-corrected chi connectivity index (χ1v) is 6.00. The fourth-order valence-electron chi connectivity index (χ4n) is 2.29. The smallest absolute Gasteiger partial charge is 0.354 e. The summed E-state index contributed by atoms with van der Waals surface area (Å²) in [6.07, 6.45) is 4.21. The van der Waals surface area contributed by atoms with Crippen LogP contribution in [-0.2, 0) is 4.84 Å². The number of nitrogens with one attached hydrogen (secondary N) is 1. The normalized spacial score (nSPS) is 15.7. The number of amides is 1. The Kier molecular flexibility index (Phi) is 3.59. The number of hydrogen-bond acceptors (Lipinski definition) is 4. The average Bonchev–Trinajstić information content (AvgIpc) is 3.04. The van der Waals surface area contributed by atoms with Crippen molar-refractivity contribution >= 4 is 11.7 Å². The van der Waals surface area contributed by atoms with Crippen LogP contribution in [-0.4, -0.2) is 34.8 Å². The average molecular weight is 253 g/mol. The van der Waals surface area contributed by atoms with Gasteiger partial charge in [0.2, 0.25) is 0 Å². The zero-order valence-electron chi connectivity index (χ0n) is 10.5. The first-order valence-electron chi connectivity index (χ1n) is 6.00. The molecule has 1 amide bonds. The van der Waals surface area contributed by atoms with Crippen LogP contribution in [0.4, 0.5) is 5.82 Å². The predicted octanol–water partition coefficient (Wildman–Crippen LogP) is 1.33. The molecule has 1 heterocycles. The number of aromatic nitrogens is 2. The van der Waals surface area contributed by atoms with Crippen LogP contribution in [0, 0.1) is 4.91 Å². The minimum atomic E-state index is -0.245.